The second kappa shape index (κ2) is 11.9. The maximum atomic E-state index is 14.6. The first-order chi connectivity index (χ1) is 18.1. The van der Waals surface area contributed by atoms with Crippen molar-refractivity contribution in [3.05, 3.63) is 101 Å². The lowest BCUT2D eigenvalue weighted by Crippen LogP contribution is -2.48. The van der Waals surface area contributed by atoms with E-state index in [2.05, 4.69) is 23.1 Å². The van der Waals surface area contributed by atoms with Crippen molar-refractivity contribution >= 4 is 5.91 Å². The Bertz CT molecular complexity index is 1170. The predicted octanol–water partition coefficient (Wildman–Crippen LogP) is 6.36. The number of carbonyl (C=O) groups is 1. The van der Waals surface area contributed by atoms with Crippen molar-refractivity contribution in [2.75, 3.05) is 32.8 Å². The van der Waals surface area contributed by atoms with Crippen LogP contribution in [0.2, 0.25) is 0 Å². The van der Waals surface area contributed by atoms with Crippen molar-refractivity contribution in [1.29, 1.82) is 0 Å². The highest BCUT2D eigenvalue weighted by Gasteiger charge is 2.37. The van der Waals surface area contributed by atoms with Gasteiger partial charge in [0.15, 0.2) is 0 Å². The molecule has 0 bridgehead atoms. The molecule has 4 nitrogen and oxygen atoms in total. The van der Waals surface area contributed by atoms with Gasteiger partial charge in [0.25, 0.3) is 5.91 Å². The van der Waals surface area contributed by atoms with E-state index in [0.717, 1.165) is 81.6 Å². The molecule has 5 rings (SSSR count). The number of piperidine rings is 1. The summed E-state index contributed by atoms with van der Waals surface area (Å²) in [6, 6.07) is 25.0. The van der Waals surface area contributed by atoms with Crippen LogP contribution in [0, 0.1) is 11.2 Å². The topological polar surface area (TPSA) is 32.8 Å². The normalized spacial score (nSPS) is 18.8. The lowest BCUT2D eigenvalue weighted by Gasteiger charge is -2.45. The number of aryl methyl sites for hydroxylation is 1. The molecule has 194 valence electrons. The lowest BCUT2D eigenvalue weighted by molar-refractivity contribution is 0.0359. The van der Waals surface area contributed by atoms with Crippen molar-refractivity contribution in [2.45, 2.75) is 45.1 Å². The van der Waals surface area contributed by atoms with Crippen molar-refractivity contribution in [3.63, 3.8) is 0 Å². The van der Waals surface area contributed by atoms with Crippen LogP contribution in [0.15, 0.2) is 78.9 Å². The molecule has 2 heterocycles. The van der Waals surface area contributed by atoms with E-state index in [1.165, 1.54) is 5.56 Å². The summed E-state index contributed by atoms with van der Waals surface area (Å²) in [5.41, 5.74) is 2.86. The summed E-state index contributed by atoms with van der Waals surface area (Å²) in [5.74, 6) is 0.936. The summed E-state index contributed by atoms with van der Waals surface area (Å²) >= 11 is 0. The number of halogens is 1. The molecule has 0 aromatic heterocycles. The molecule has 3 aromatic carbocycles. The number of hydrogen-bond donors (Lipinski definition) is 0. The van der Waals surface area contributed by atoms with Gasteiger partial charge in [0.2, 0.25) is 0 Å². The number of carbonyl (C=O) groups excluding carboxylic acids is 1. The van der Waals surface area contributed by atoms with Gasteiger partial charge in [-0.15, -0.1) is 0 Å². The molecule has 1 saturated heterocycles. The average molecular weight is 501 g/mol. The standard InChI is InChI=1S/C32H37FN2O2/c33-29-15-6-4-14-28(29)24-34-22-23-37-30-16-7-5-10-26(30)11-8-9-17-32(25-34)18-20-35(21-19-32)31(36)27-12-2-1-3-13-27/h1-7,10,12-16H,8-9,11,17-25H2. The van der Waals surface area contributed by atoms with Crippen LogP contribution in [-0.4, -0.2) is 48.5 Å². The minimum Gasteiger partial charge on any atom is -0.492 e. The molecule has 0 saturated carbocycles. The fourth-order valence-electron chi connectivity index (χ4n) is 5.94. The highest BCUT2D eigenvalue weighted by molar-refractivity contribution is 5.94. The largest absolute Gasteiger partial charge is 0.492 e. The van der Waals surface area contributed by atoms with Crippen LogP contribution in [0.3, 0.4) is 0 Å². The van der Waals surface area contributed by atoms with Crippen molar-refractivity contribution in [1.82, 2.24) is 9.80 Å². The third kappa shape index (κ3) is 6.40. The quantitative estimate of drug-likeness (QED) is 0.420. The zero-order valence-electron chi connectivity index (χ0n) is 21.6. The molecule has 2 aliphatic rings. The summed E-state index contributed by atoms with van der Waals surface area (Å²) in [7, 11) is 0. The van der Waals surface area contributed by atoms with E-state index in [-0.39, 0.29) is 17.1 Å². The van der Waals surface area contributed by atoms with Gasteiger partial charge < -0.3 is 9.64 Å². The van der Waals surface area contributed by atoms with Crippen LogP contribution in [0.25, 0.3) is 0 Å². The molecule has 37 heavy (non-hydrogen) atoms. The van der Waals surface area contributed by atoms with Gasteiger partial charge in [-0.2, -0.15) is 0 Å². The Balaban J connectivity index is 1.34. The lowest BCUT2D eigenvalue weighted by atomic mass is 9.73. The van der Waals surface area contributed by atoms with Gasteiger partial charge in [-0.25, -0.2) is 4.39 Å². The number of fused-ring (bicyclic) bond motifs is 1. The molecule has 0 atom stereocenters. The van der Waals surface area contributed by atoms with E-state index in [4.69, 9.17) is 4.74 Å². The third-order valence-corrected chi connectivity index (χ3v) is 8.08. The first kappa shape index (κ1) is 25.5. The molecule has 3 aromatic rings. The SMILES string of the molecule is O=C(c1ccccc1)N1CCC2(CCCCc3ccccc3OCCN(Cc3ccccc3F)C2)CC1. The summed E-state index contributed by atoms with van der Waals surface area (Å²) in [6.07, 6.45) is 6.32. The van der Waals surface area contributed by atoms with Gasteiger partial charge >= 0.3 is 0 Å². The van der Waals surface area contributed by atoms with Crippen LogP contribution >= 0.6 is 0 Å². The second-order valence-electron chi connectivity index (χ2n) is 10.6. The smallest absolute Gasteiger partial charge is 0.253 e. The first-order valence-corrected chi connectivity index (χ1v) is 13.6. The van der Waals surface area contributed by atoms with Crippen LogP contribution in [-0.2, 0) is 13.0 Å². The zero-order valence-corrected chi connectivity index (χ0v) is 21.6. The number of benzene rings is 3. The molecule has 1 amide bonds. The maximum absolute atomic E-state index is 14.6. The molecule has 0 aliphatic carbocycles. The van der Waals surface area contributed by atoms with Gasteiger partial charge in [-0.1, -0.05) is 61.0 Å². The Morgan fingerprint density at radius 2 is 1.57 bits per heavy atom. The summed E-state index contributed by atoms with van der Waals surface area (Å²) < 4.78 is 20.9. The Hall–Kier alpha value is -3.18. The second-order valence-corrected chi connectivity index (χ2v) is 10.6. The molecular weight excluding hydrogens is 463 g/mol. The van der Waals surface area contributed by atoms with Crippen LogP contribution in [0.5, 0.6) is 5.75 Å². The number of nitrogens with zero attached hydrogens (tertiary/aromatic N) is 2. The van der Waals surface area contributed by atoms with Gasteiger partial charge in [-0.3, -0.25) is 9.69 Å². The predicted molar refractivity (Wildman–Crippen MR) is 145 cm³/mol. The fraction of sp³-hybridized carbons (Fsp3) is 0.406. The highest BCUT2D eigenvalue weighted by Crippen LogP contribution is 2.39. The Labute approximate surface area is 220 Å². The number of rotatable bonds is 3. The first-order valence-electron chi connectivity index (χ1n) is 13.6. The highest BCUT2D eigenvalue weighted by atomic mass is 19.1. The molecule has 0 N–H and O–H groups in total. The Kier molecular flexibility index (Phi) is 8.20. The minimum atomic E-state index is -0.155. The number of amides is 1. The van der Waals surface area contributed by atoms with Crippen LogP contribution in [0.1, 0.15) is 53.6 Å². The average Bonchev–Trinajstić information content (AvgIpc) is 2.93. The maximum Gasteiger partial charge on any atom is 0.253 e. The molecule has 2 aliphatic heterocycles. The van der Waals surface area contributed by atoms with Crippen molar-refractivity contribution in [2.24, 2.45) is 5.41 Å². The summed E-state index contributed by atoms with van der Waals surface area (Å²) in [6.45, 7) is 4.28. The van der Waals surface area contributed by atoms with Gasteiger partial charge in [-0.05, 0) is 67.3 Å². The van der Waals surface area contributed by atoms with Gasteiger partial charge in [0.05, 0.1) is 0 Å². The van der Waals surface area contributed by atoms with E-state index >= 15 is 0 Å². The summed E-state index contributed by atoms with van der Waals surface area (Å²) in [4.78, 5) is 17.5. The van der Waals surface area contributed by atoms with E-state index in [0.29, 0.717) is 13.2 Å². The molecule has 5 heteroatoms. The van der Waals surface area contributed by atoms with E-state index < -0.39 is 0 Å². The molecule has 0 radical (unpaired) electrons. The molecule has 1 spiro atoms. The van der Waals surface area contributed by atoms with Crippen LogP contribution < -0.4 is 4.74 Å². The van der Waals surface area contributed by atoms with Gasteiger partial charge in [0.1, 0.15) is 18.2 Å². The number of likely N-dealkylation sites (tertiary alicyclic amines) is 1. The summed E-state index contributed by atoms with van der Waals surface area (Å²) in [5, 5.41) is 0. The Morgan fingerprint density at radius 3 is 2.38 bits per heavy atom. The molecular formula is C32H37FN2O2. The zero-order chi connectivity index (χ0) is 25.5. The number of para-hydroxylation sites is 1. The molecule has 0 unspecified atom stereocenters. The number of ether oxygens (including phenoxy) is 1. The van der Waals surface area contributed by atoms with E-state index in [1.54, 1.807) is 12.1 Å². The fourth-order valence-corrected chi connectivity index (χ4v) is 5.94. The Morgan fingerprint density at radius 1 is 0.838 bits per heavy atom. The van der Waals surface area contributed by atoms with E-state index in [9.17, 15) is 9.18 Å². The van der Waals surface area contributed by atoms with E-state index in [1.807, 2.05) is 53.4 Å². The number of hydrogen-bond acceptors (Lipinski definition) is 3. The van der Waals surface area contributed by atoms with Gasteiger partial charge in [0, 0.05) is 43.9 Å². The molecule has 1 fully saturated rings. The van der Waals surface area contributed by atoms with Crippen molar-refractivity contribution in [3.8, 4) is 5.75 Å². The minimum absolute atomic E-state index is 0.109. The van der Waals surface area contributed by atoms with Crippen LogP contribution in [0.4, 0.5) is 4.39 Å². The van der Waals surface area contributed by atoms with Crippen molar-refractivity contribution < 1.29 is 13.9 Å². The monoisotopic (exact) mass is 500 g/mol. The third-order valence-electron chi connectivity index (χ3n) is 8.08.